The molecule has 0 aliphatic carbocycles. The molecule has 0 bridgehead atoms. The highest BCUT2D eigenvalue weighted by Crippen LogP contribution is 2.28. The summed E-state index contributed by atoms with van der Waals surface area (Å²) in [7, 11) is -0.00247. The minimum absolute atomic E-state index is 0.117. The third-order valence-electron chi connectivity index (χ3n) is 4.89. The molecule has 29 heavy (non-hydrogen) atoms. The van der Waals surface area contributed by atoms with Crippen molar-refractivity contribution in [2.45, 2.75) is 19.8 Å². The lowest BCUT2D eigenvalue weighted by atomic mass is 10.1. The van der Waals surface area contributed by atoms with Crippen LogP contribution in [-0.4, -0.2) is 51.5 Å². The van der Waals surface area contributed by atoms with Gasteiger partial charge in [0.25, 0.3) is 11.8 Å². The zero-order valence-electron chi connectivity index (χ0n) is 16.8. The van der Waals surface area contributed by atoms with E-state index in [1.165, 1.54) is 9.21 Å². The number of amides is 2. The van der Waals surface area contributed by atoms with Crippen molar-refractivity contribution in [1.29, 1.82) is 0 Å². The molecular weight excluding hydrogens is 390 g/mol. The van der Waals surface area contributed by atoms with E-state index in [2.05, 4.69) is 5.32 Å². The van der Waals surface area contributed by atoms with Crippen LogP contribution in [0, 0.1) is 6.92 Å². The van der Waals surface area contributed by atoms with Crippen molar-refractivity contribution in [2.75, 3.05) is 36.0 Å². The number of aryl methyl sites for hydroxylation is 1. The molecule has 0 radical (unpaired) electrons. The molecule has 0 spiro atoms. The Morgan fingerprint density at radius 2 is 1.66 bits per heavy atom. The molecule has 0 aromatic heterocycles. The van der Waals surface area contributed by atoms with E-state index in [0.717, 1.165) is 12.0 Å². The van der Waals surface area contributed by atoms with Crippen LogP contribution in [0.25, 0.3) is 0 Å². The van der Waals surface area contributed by atoms with Gasteiger partial charge in [-0.1, -0.05) is 6.07 Å². The maximum atomic E-state index is 12.7. The highest BCUT2D eigenvalue weighted by Gasteiger charge is 2.27. The molecule has 3 rings (SSSR count). The molecule has 2 aromatic rings. The number of anilines is 2. The third kappa shape index (κ3) is 4.59. The Bertz CT molecular complexity index is 1030. The molecule has 1 N–H and O–H groups in total. The average molecular weight is 416 g/mol. The maximum absolute atomic E-state index is 12.7. The van der Waals surface area contributed by atoms with E-state index in [4.69, 9.17) is 0 Å². The van der Waals surface area contributed by atoms with Crippen molar-refractivity contribution in [3.8, 4) is 0 Å². The number of nitrogens with zero attached hydrogens (tertiary/aromatic N) is 2. The summed E-state index contributed by atoms with van der Waals surface area (Å²) in [4.78, 5) is 26.1. The molecule has 8 heteroatoms. The Labute approximate surface area is 171 Å². The first-order valence-corrected chi connectivity index (χ1v) is 11.0. The molecule has 0 saturated carbocycles. The van der Waals surface area contributed by atoms with Gasteiger partial charge in [0, 0.05) is 37.5 Å². The van der Waals surface area contributed by atoms with Crippen molar-refractivity contribution in [3.63, 3.8) is 0 Å². The Balaban J connectivity index is 1.80. The van der Waals surface area contributed by atoms with E-state index < -0.39 is 10.0 Å². The fraction of sp³-hybridized carbons (Fsp3) is 0.333. The Morgan fingerprint density at radius 3 is 2.28 bits per heavy atom. The molecule has 2 amide bonds. The van der Waals surface area contributed by atoms with Crippen molar-refractivity contribution in [2.24, 2.45) is 0 Å². The smallest absolute Gasteiger partial charge is 0.255 e. The standard InChI is InChI=1S/C21H25N3O4S/c1-15-6-7-17(14-19(15)24-12-4-5-13-29(24,27)28)20(25)22-18-10-8-16(9-11-18)21(26)23(2)3/h6-11,14H,4-5,12-13H2,1-3H3,(H,22,25). The van der Waals surface area contributed by atoms with Gasteiger partial charge in [-0.15, -0.1) is 0 Å². The second-order valence-corrected chi connectivity index (χ2v) is 9.34. The Hall–Kier alpha value is -2.87. The molecule has 1 saturated heterocycles. The zero-order valence-corrected chi connectivity index (χ0v) is 17.6. The van der Waals surface area contributed by atoms with Crippen molar-refractivity contribution in [1.82, 2.24) is 4.90 Å². The molecule has 1 fully saturated rings. The predicted octanol–water partition coefficient (Wildman–Crippen LogP) is 2.88. The monoisotopic (exact) mass is 415 g/mol. The Morgan fingerprint density at radius 1 is 1.00 bits per heavy atom. The number of nitrogens with one attached hydrogen (secondary N) is 1. The first-order valence-electron chi connectivity index (χ1n) is 9.43. The predicted molar refractivity (Wildman–Crippen MR) is 114 cm³/mol. The molecule has 154 valence electrons. The first-order chi connectivity index (χ1) is 13.7. The lowest BCUT2D eigenvalue weighted by Crippen LogP contribution is -2.38. The first kappa shape index (κ1) is 20.9. The fourth-order valence-electron chi connectivity index (χ4n) is 3.24. The van der Waals surface area contributed by atoms with Gasteiger partial charge in [0.05, 0.1) is 11.4 Å². The second kappa shape index (κ2) is 8.24. The van der Waals surface area contributed by atoms with Crippen molar-refractivity contribution < 1.29 is 18.0 Å². The summed E-state index contributed by atoms with van der Waals surface area (Å²) in [6, 6.07) is 11.7. The van der Waals surface area contributed by atoms with E-state index in [1.807, 2.05) is 6.92 Å². The van der Waals surface area contributed by atoms with E-state index in [1.54, 1.807) is 56.6 Å². The van der Waals surface area contributed by atoms with Gasteiger partial charge in [-0.3, -0.25) is 13.9 Å². The summed E-state index contributed by atoms with van der Waals surface area (Å²) >= 11 is 0. The van der Waals surface area contributed by atoms with Crippen LogP contribution in [-0.2, 0) is 10.0 Å². The van der Waals surface area contributed by atoms with Gasteiger partial charge >= 0.3 is 0 Å². The van der Waals surface area contributed by atoms with Crippen LogP contribution >= 0.6 is 0 Å². The van der Waals surface area contributed by atoms with Gasteiger partial charge in [0.15, 0.2) is 0 Å². The summed E-state index contributed by atoms with van der Waals surface area (Å²) in [6.45, 7) is 2.26. The summed E-state index contributed by atoms with van der Waals surface area (Å²) < 4.78 is 26.3. The van der Waals surface area contributed by atoms with Crippen LogP contribution in [0.3, 0.4) is 0 Å². The SMILES string of the molecule is Cc1ccc(C(=O)Nc2ccc(C(=O)N(C)C)cc2)cc1N1CCCCS1(=O)=O. The zero-order chi connectivity index (χ0) is 21.2. The topological polar surface area (TPSA) is 86.8 Å². The normalized spacial score (nSPS) is 15.6. The van der Waals surface area contributed by atoms with Crippen LogP contribution < -0.4 is 9.62 Å². The largest absolute Gasteiger partial charge is 0.345 e. The number of sulfonamides is 1. The quantitative estimate of drug-likeness (QED) is 0.832. The Kier molecular flexibility index (Phi) is 5.93. The van der Waals surface area contributed by atoms with Crippen molar-refractivity contribution >= 4 is 33.2 Å². The molecular formula is C21H25N3O4S. The highest BCUT2D eigenvalue weighted by atomic mass is 32.2. The van der Waals surface area contributed by atoms with Crippen LogP contribution in [0.2, 0.25) is 0 Å². The van der Waals surface area contributed by atoms with Crippen LogP contribution in [0.15, 0.2) is 42.5 Å². The maximum Gasteiger partial charge on any atom is 0.255 e. The fourth-order valence-corrected chi connectivity index (χ4v) is 4.93. The molecule has 7 nitrogen and oxygen atoms in total. The van der Waals surface area contributed by atoms with Gasteiger partial charge in [0.1, 0.15) is 0 Å². The minimum Gasteiger partial charge on any atom is -0.345 e. The summed E-state index contributed by atoms with van der Waals surface area (Å²) in [6.07, 6.45) is 1.46. The van der Waals surface area contributed by atoms with E-state index in [9.17, 15) is 18.0 Å². The molecule has 1 aliphatic heterocycles. The highest BCUT2D eigenvalue weighted by molar-refractivity contribution is 7.92. The van der Waals surface area contributed by atoms with Gasteiger partial charge < -0.3 is 10.2 Å². The van der Waals surface area contributed by atoms with Crippen LogP contribution in [0.4, 0.5) is 11.4 Å². The summed E-state index contributed by atoms with van der Waals surface area (Å²) in [5, 5.41) is 2.79. The third-order valence-corrected chi connectivity index (χ3v) is 6.74. The molecule has 0 unspecified atom stereocenters. The number of rotatable bonds is 4. The molecule has 2 aromatic carbocycles. The van der Waals surface area contributed by atoms with Crippen LogP contribution in [0.5, 0.6) is 0 Å². The number of hydrogen-bond acceptors (Lipinski definition) is 4. The second-order valence-electron chi connectivity index (χ2n) is 7.33. The number of hydrogen-bond donors (Lipinski definition) is 1. The van der Waals surface area contributed by atoms with Gasteiger partial charge in [-0.25, -0.2) is 8.42 Å². The molecule has 1 heterocycles. The summed E-state index contributed by atoms with van der Waals surface area (Å²) in [5.74, 6) is -0.331. The average Bonchev–Trinajstić information content (AvgIpc) is 2.68. The minimum atomic E-state index is -3.35. The van der Waals surface area contributed by atoms with Crippen molar-refractivity contribution in [3.05, 3.63) is 59.2 Å². The van der Waals surface area contributed by atoms with Gasteiger partial charge in [-0.05, 0) is 61.7 Å². The number of benzene rings is 2. The lowest BCUT2D eigenvalue weighted by molar-refractivity contribution is 0.0827. The number of carbonyl (C=O) groups excluding carboxylic acids is 2. The summed E-state index contributed by atoms with van der Waals surface area (Å²) in [5.41, 5.74) is 2.81. The van der Waals surface area contributed by atoms with E-state index in [-0.39, 0.29) is 17.6 Å². The molecule has 1 aliphatic rings. The lowest BCUT2D eigenvalue weighted by Gasteiger charge is -2.29. The molecule has 0 atom stereocenters. The number of carbonyl (C=O) groups is 2. The van der Waals surface area contributed by atoms with Gasteiger partial charge in [-0.2, -0.15) is 0 Å². The van der Waals surface area contributed by atoms with Crippen LogP contribution in [0.1, 0.15) is 39.1 Å². The van der Waals surface area contributed by atoms with E-state index in [0.29, 0.717) is 35.5 Å². The van der Waals surface area contributed by atoms with E-state index >= 15 is 0 Å². The van der Waals surface area contributed by atoms with Gasteiger partial charge in [0.2, 0.25) is 10.0 Å².